The molecule has 0 aliphatic heterocycles. The number of rotatable bonds is 3. The second-order valence-electron chi connectivity index (χ2n) is 4.14. The number of carboxylic acids is 1. The highest BCUT2D eigenvalue weighted by molar-refractivity contribution is 6.01. The number of alkyl halides is 3. The van der Waals surface area contributed by atoms with Gasteiger partial charge in [-0.2, -0.15) is 13.2 Å². The van der Waals surface area contributed by atoms with Gasteiger partial charge in [-0.15, -0.1) is 0 Å². The minimum atomic E-state index is -4.52. The number of carbonyl (C=O) groups is 2. The third-order valence-electron chi connectivity index (χ3n) is 2.53. The Labute approximate surface area is 113 Å². The largest absolute Gasteiger partial charge is 0.478 e. The van der Waals surface area contributed by atoms with Crippen LogP contribution in [0.5, 0.6) is 0 Å². The summed E-state index contributed by atoms with van der Waals surface area (Å²) in [4.78, 5) is 24.2. The van der Waals surface area contributed by atoms with Gasteiger partial charge in [0, 0.05) is 14.1 Å². The third kappa shape index (κ3) is 3.87. The summed E-state index contributed by atoms with van der Waals surface area (Å²) in [5.41, 5.74) is -0.136. The van der Waals surface area contributed by atoms with Gasteiger partial charge in [0.15, 0.2) is 0 Å². The van der Waals surface area contributed by atoms with Crippen molar-refractivity contribution in [2.75, 3.05) is 25.5 Å². The molecule has 0 unspecified atom stereocenters. The molecule has 110 valence electrons. The summed E-state index contributed by atoms with van der Waals surface area (Å²) in [6.07, 6.45) is -4.52. The average molecular weight is 290 g/mol. The van der Waals surface area contributed by atoms with E-state index < -0.39 is 24.7 Å². The molecule has 20 heavy (non-hydrogen) atoms. The van der Waals surface area contributed by atoms with Gasteiger partial charge in [0.05, 0.1) is 11.3 Å². The van der Waals surface area contributed by atoms with Crippen molar-refractivity contribution in [3.63, 3.8) is 0 Å². The SMILES string of the molecule is CN(CC(F)(F)F)C(=O)N(C)c1ccccc1C(=O)O. The van der Waals surface area contributed by atoms with Gasteiger partial charge in [-0.05, 0) is 12.1 Å². The molecule has 0 bridgehead atoms. The number of benzene rings is 1. The second-order valence-corrected chi connectivity index (χ2v) is 4.14. The number of nitrogens with zero attached hydrogens (tertiary/aromatic N) is 2. The highest BCUT2D eigenvalue weighted by Crippen LogP contribution is 2.22. The predicted molar refractivity (Wildman–Crippen MR) is 65.9 cm³/mol. The first-order valence-electron chi connectivity index (χ1n) is 5.51. The zero-order chi connectivity index (χ0) is 15.5. The number of urea groups is 1. The molecule has 1 rings (SSSR count). The molecular weight excluding hydrogens is 277 g/mol. The molecule has 0 atom stereocenters. The first-order valence-corrected chi connectivity index (χ1v) is 5.51. The molecule has 0 aliphatic carbocycles. The minimum Gasteiger partial charge on any atom is -0.478 e. The second kappa shape index (κ2) is 5.81. The summed E-state index contributed by atoms with van der Waals surface area (Å²) in [5, 5.41) is 8.99. The Balaban J connectivity index is 2.98. The van der Waals surface area contributed by atoms with Crippen LogP contribution >= 0.6 is 0 Å². The van der Waals surface area contributed by atoms with Gasteiger partial charge in [-0.25, -0.2) is 9.59 Å². The Morgan fingerprint density at radius 3 is 2.25 bits per heavy atom. The highest BCUT2D eigenvalue weighted by Gasteiger charge is 2.32. The van der Waals surface area contributed by atoms with E-state index in [1.807, 2.05) is 0 Å². The van der Waals surface area contributed by atoms with Crippen LogP contribution in [0.2, 0.25) is 0 Å². The molecule has 1 aromatic rings. The quantitative estimate of drug-likeness (QED) is 0.930. The standard InChI is InChI=1S/C12H13F3N2O3/c1-16(7-12(13,14)15)11(20)17(2)9-6-4-3-5-8(9)10(18)19/h3-6H,7H2,1-2H3,(H,18,19). The van der Waals surface area contributed by atoms with Crippen molar-refractivity contribution in [3.05, 3.63) is 29.8 Å². The van der Waals surface area contributed by atoms with Crippen molar-refractivity contribution in [1.82, 2.24) is 4.90 Å². The molecule has 0 saturated heterocycles. The zero-order valence-corrected chi connectivity index (χ0v) is 10.8. The van der Waals surface area contributed by atoms with Crippen molar-refractivity contribution in [2.24, 2.45) is 0 Å². The van der Waals surface area contributed by atoms with Gasteiger partial charge in [0.1, 0.15) is 6.54 Å². The number of aromatic carboxylic acids is 1. The lowest BCUT2D eigenvalue weighted by Gasteiger charge is -2.26. The monoisotopic (exact) mass is 290 g/mol. The van der Waals surface area contributed by atoms with E-state index in [0.29, 0.717) is 4.90 Å². The fourth-order valence-electron chi connectivity index (χ4n) is 1.64. The van der Waals surface area contributed by atoms with E-state index in [1.165, 1.54) is 31.3 Å². The van der Waals surface area contributed by atoms with Crippen molar-refractivity contribution in [2.45, 2.75) is 6.18 Å². The Morgan fingerprint density at radius 2 is 1.75 bits per heavy atom. The molecule has 2 amide bonds. The molecule has 0 fully saturated rings. The number of carbonyl (C=O) groups excluding carboxylic acids is 1. The number of carboxylic acid groups (broad SMARTS) is 1. The average Bonchev–Trinajstić information content (AvgIpc) is 2.34. The van der Waals surface area contributed by atoms with Crippen LogP contribution in [0, 0.1) is 0 Å². The van der Waals surface area contributed by atoms with Crippen LogP contribution in [0.1, 0.15) is 10.4 Å². The van der Waals surface area contributed by atoms with Gasteiger partial charge >= 0.3 is 18.2 Å². The van der Waals surface area contributed by atoms with E-state index in [9.17, 15) is 22.8 Å². The fraction of sp³-hybridized carbons (Fsp3) is 0.333. The number of amides is 2. The Kier molecular flexibility index (Phi) is 4.59. The van der Waals surface area contributed by atoms with E-state index >= 15 is 0 Å². The number of para-hydroxylation sites is 1. The van der Waals surface area contributed by atoms with Crippen LogP contribution in [0.4, 0.5) is 23.7 Å². The van der Waals surface area contributed by atoms with Crippen molar-refractivity contribution in [3.8, 4) is 0 Å². The Morgan fingerprint density at radius 1 is 1.20 bits per heavy atom. The number of anilines is 1. The molecule has 1 N–H and O–H groups in total. The summed E-state index contributed by atoms with van der Waals surface area (Å²) in [6, 6.07) is 4.63. The Hall–Kier alpha value is -2.25. The van der Waals surface area contributed by atoms with E-state index in [4.69, 9.17) is 5.11 Å². The lowest BCUT2D eigenvalue weighted by Crippen LogP contribution is -2.43. The van der Waals surface area contributed by atoms with Gasteiger partial charge in [-0.1, -0.05) is 12.1 Å². The first kappa shape index (κ1) is 15.8. The Bertz CT molecular complexity index is 517. The molecule has 1 aromatic carbocycles. The highest BCUT2D eigenvalue weighted by atomic mass is 19.4. The molecule has 0 aromatic heterocycles. The van der Waals surface area contributed by atoms with Gasteiger partial charge in [0.25, 0.3) is 0 Å². The molecule has 0 heterocycles. The fourth-order valence-corrected chi connectivity index (χ4v) is 1.64. The summed E-state index contributed by atoms with van der Waals surface area (Å²) < 4.78 is 36.7. The van der Waals surface area contributed by atoms with Crippen LogP contribution in [0.15, 0.2) is 24.3 Å². The molecular formula is C12H13F3N2O3. The van der Waals surface area contributed by atoms with Crippen LogP contribution in [-0.4, -0.2) is 48.8 Å². The first-order chi connectivity index (χ1) is 9.13. The van der Waals surface area contributed by atoms with Crippen molar-refractivity contribution < 1.29 is 27.9 Å². The topological polar surface area (TPSA) is 60.9 Å². The van der Waals surface area contributed by atoms with Crippen LogP contribution < -0.4 is 4.90 Å². The smallest absolute Gasteiger partial charge is 0.406 e. The molecule has 5 nitrogen and oxygen atoms in total. The predicted octanol–water partition coefficient (Wildman–Crippen LogP) is 2.44. The summed E-state index contributed by atoms with van der Waals surface area (Å²) in [7, 11) is 2.21. The van der Waals surface area contributed by atoms with Crippen LogP contribution in [0.25, 0.3) is 0 Å². The maximum Gasteiger partial charge on any atom is 0.406 e. The van der Waals surface area contributed by atoms with E-state index in [0.717, 1.165) is 11.9 Å². The summed E-state index contributed by atoms with van der Waals surface area (Å²) in [6.45, 7) is -1.41. The van der Waals surface area contributed by atoms with E-state index in [2.05, 4.69) is 0 Å². The molecule has 0 radical (unpaired) electrons. The van der Waals surface area contributed by atoms with Gasteiger partial charge < -0.3 is 10.0 Å². The third-order valence-corrected chi connectivity index (χ3v) is 2.53. The maximum atomic E-state index is 12.2. The van der Waals surface area contributed by atoms with Crippen molar-refractivity contribution in [1.29, 1.82) is 0 Å². The summed E-state index contributed by atoms with van der Waals surface area (Å²) >= 11 is 0. The maximum absolute atomic E-state index is 12.2. The van der Waals surface area contributed by atoms with E-state index in [1.54, 1.807) is 0 Å². The minimum absolute atomic E-state index is 0.0269. The van der Waals surface area contributed by atoms with Gasteiger partial charge in [-0.3, -0.25) is 4.90 Å². The summed E-state index contributed by atoms with van der Waals surface area (Å²) in [5.74, 6) is -1.27. The van der Waals surface area contributed by atoms with Gasteiger partial charge in [0.2, 0.25) is 0 Å². The normalized spacial score (nSPS) is 11.1. The van der Waals surface area contributed by atoms with E-state index in [-0.39, 0.29) is 11.3 Å². The number of hydrogen-bond acceptors (Lipinski definition) is 2. The molecule has 0 saturated carbocycles. The van der Waals surface area contributed by atoms with Crippen molar-refractivity contribution >= 4 is 17.7 Å². The zero-order valence-electron chi connectivity index (χ0n) is 10.8. The van der Waals surface area contributed by atoms with Crippen LogP contribution in [0.3, 0.4) is 0 Å². The molecule has 8 heteroatoms. The molecule has 0 spiro atoms. The number of hydrogen-bond donors (Lipinski definition) is 1. The number of halogens is 3. The lowest BCUT2D eigenvalue weighted by atomic mass is 10.1. The lowest BCUT2D eigenvalue weighted by molar-refractivity contribution is -0.137. The van der Waals surface area contributed by atoms with Crippen LogP contribution in [-0.2, 0) is 0 Å². The molecule has 0 aliphatic rings.